The second-order valence-corrected chi connectivity index (χ2v) is 4.27. The topological polar surface area (TPSA) is 85.4 Å². The van der Waals surface area contributed by atoms with Crippen molar-refractivity contribution in [1.82, 2.24) is 15.3 Å². The Morgan fingerprint density at radius 3 is 2.76 bits per heavy atom. The van der Waals surface area contributed by atoms with E-state index in [4.69, 9.17) is 9.47 Å². The van der Waals surface area contributed by atoms with Gasteiger partial charge in [0.15, 0.2) is 11.5 Å². The zero-order valence-electron chi connectivity index (χ0n) is 12.0. The smallest absolute Gasteiger partial charge is 0.207 e. The van der Waals surface area contributed by atoms with Crippen molar-refractivity contribution in [2.45, 2.75) is 6.42 Å². The molecule has 1 aromatic heterocycles. The predicted octanol–water partition coefficient (Wildman–Crippen LogP) is 1.19. The third-order valence-corrected chi connectivity index (χ3v) is 3.02. The maximum atomic E-state index is 10.2. The lowest BCUT2D eigenvalue weighted by Crippen LogP contribution is -2.16. The molecule has 0 aliphatic heterocycles. The van der Waals surface area contributed by atoms with Gasteiger partial charge in [0.2, 0.25) is 6.41 Å². The van der Waals surface area contributed by atoms with Crippen molar-refractivity contribution >= 4 is 23.1 Å². The molecule has 2 N–H and O–H groups in total. The molecule has 7 heteroatoms. The van der Waals surface area contributed by atoms with Crippen LogP contribution in [0.5, 0.6) is 11.5 Å². The Balaban J connectivity index is 2.23. The van der Waals surface area contributed by atoms with Gasteiger partial charge in [-0.15, -0.1) is 0 Å². The van der Waals surface area contributed by atoms with Gasteiger partial charge in [-0.25, -0.2) is 9.97 Å². The van der Waals surface area contributed by atoms with Gasteiger partial charge in [-0.05, 0) is 18.6 Å². The first kappa shape index (κ1) is 14.8. The molecule has 1 amide bonds. The summed E-state index contributed by atoms with van der Waals surface area (Å²) in [6.07, 6.45) is 2.98. The highest BCUT2D eigenvalue weighted by molar-refractivity contribution is 5.94. The Bertz CT molecular complexity index is 618. The molecule has 0 fully saturated rings. The largest absolute Gasteiger partial charge is 0.493 e. The van der Waals surface area contributed by atoms with E-state index in [9.17, 15) is 4.79 Å². The summed E-state index contributed by atoms with van der Waals surface area (Å²) in [6.45, 7) is 1.32. The van der Waals surface area contributed by atoms with Crippen LogP contribution in [0.1, 0.15) is 6.42 Å². The molecule has 0 bridgehead atoms. The average Bonchev–Trinajstić information content (AvgIpc) is 2.53. The molecule has 0 saturated carbocycles. The molecule has 0 spiro atoms. The van der Waals surface area contributed by atoms with Crippen molar-refractivity contribution in [3.8, 4) is 11.5 Å². The minimum atomic E-state index is 0.586. The number of methoxy groups -OCH3 is 2. The summed E-state index contributed by atoms with van der Waals surface area (Å²) in [5.74, 6) is 1.94. The van der Waals surface area contributed by atoms with Gasteiger partial charge in [0.25, 0.3) is 0 Å². The van der Waals surface area contributed by atoms with Gasteiger partial charge in [0.05, 0.1) is 14.2 Å². The van der Waals surface area contributed by atoms with E-state index in [1.54, 1.807) is 14.2 Å². The van der Waals surface area contributed by atoms with Gasteiger partial charge >= 0.3 is 0 Å². The molecule has 2 aromatic rings. The Morgan fingerprint density at radius 2 is 2.05 bits per heavy atom. The first-order chi connectivity index (χ1) is 10.3. The number of amides is 1. The Kier molecular flexibility index (Phi) is 5.14. The number of aromatic nitrogens is 2. The molecule has 0 atom stereocenters. The lowest BCUT2D eigenvalue weighted by Gasteiger charge is -2.12. The second-order valence-electron chi connectivity index (χ2n) is 4.27. The van der Waals surface area contributed by atoms with Gasteiger partial charge < -0.3 is 20.1 Å². The van der Waals surface area contributed by atoms with E-state index in [0.29, 0.717) is 36.5 Å². The van der Waals surface area contributed by atoms with Crippen molar-refractivity contribution in [2.24, 2.45) is 0 Å². The fraction of sp³-hybridized carbons (Fsp3) is 0.357. The fourth-order valence-electron chi connectivity index (χ4n) is 2.04. The number of benzene rings is 1. The summed E-state index contributed by atoms with van der Waals surface area (Å²) in [7, 11) is 3.17. The van der Waals surface area contributed by atoms with E-state index in [2.05, 4.69) is 20.6 Å². The van der Waals surface area contributed by atoms with Crippen LogP contribution in [0.25, 0.3) is 10.9 Å². The molecule has 0 radical (unpaired) electrons. The van der Waals surface area contributed by atoms with Gasteiger partial charge in [-0.2, -0.15) is 0 Å². The molecule has 0 aliphatic carbocycles. The number of carbonyl (C=O) groups excluding carboxylic acids is 1. The molecule has 0 aliphatic rings. The quantitative estimate of drug-likeness (QED) is 0.561. The van der Waals surface area contributed by atoms with Crippen LogP contribution in [0, 0.1) is 0 Å². The first-order valence-electron chi connectivity index (χ1n) is 6.58. The molecule has 0 saturated heterocycles. The average molecular weight is 290 g/mol. The van der Waals surface area contributed by atoms with E-state index in [-0.39, 0.29) is 0 Å². The number of nitrogens with one attached hydrogen (secondary N) is 2. The minimum Gasteiger partial charge on any atom is -0.493 e. The lowest BCUT2D eigenvalue weighted by molar-refractivity contribution is -0.109. The molecule has 7 nitrogen and oxygen atoms in total. The summed E-state index contributed by atoms with van der Waals surface area (Å²) < 4.78 is 10.6. The number of anilines is 1. The van der Waals surface area contributed by atoms with Gasteiger partial charge in [-0.3, -0.25) is 4.79 Å². The molecular weight excluding hydrogens is 272 g/mol. The van der Waals surface area contributed by atoms with Crippen LogP contribution < -0.4 is 20.1 Å². The van der Waals surface area contributed by atoms with Crippen LogP contribution in [0.15, 0.2) is 18.5 Å². The molecule has 21 heavy (non-hydrogen) atoms. The number of ether oxygens (including phenoxy) is 2. The van der Waals surface area contributed by atoms with Crippen LogP contribution in [0.4, 0.5) is 5.82 Å². The van der Waals surface area contributed by atoms with Crippen LogP contribution in [-0.2, 0) is 4.79 Å². The van der Waals surface area contributed by atoms with Crippen molar-refractivity contribution < 1.29 is 14.3 Å². The maximum absolute atomic E-state index is 10.2. The minimum absolute atomic E-state index is 0.586. The highest BCUT2D eigenvalue weighted by Crippen LogP contribution is 2.35. The summed E-state index contributed by atoms with van der Waals surface area (Å²) in [4.78, 5) is 18.7. The maximum Gasteiger partial charge on any atom is 0.207 e. The summed E-state index contributed by atoms with van der Waals surface area (Å²) in [5, 5.41) is 6.71. The predicted molar refractivity (Wildman–Crippen MR) is 79.8 cm³/mol. The molecule has 2 rings (SSSR count). The number of fused-ring (bicyclic) bond motifs is 1. The number of nitrogens with zero attached hydrogens (tertiary/aromatic N) is 2. The third-order valence-electron chi connectivity index (χ3n) is 3.02. The van der Waals surface area contributed by atoms with Gasteiger partial charge in [-0.1, -0.05) is 0 Å². The lowest BCUT2D eigenvalue weighted by atomic mass is 10.2. The number of hydrogen-bond donors (Lipinski definition) is 2. The molecule has 0 unspecified atom stereocenters. The number of carbonyl (C=O) groups is 1. The van der Waals surface area contributed by atoms with Crippen molar-refractivity contribution in [3.63, 3.8) is 0 Å². The van der Waals surface area contributed by atoms with Crippen LogP contribution in [0.2, 0.25) is 0 Å². The molecule has 1 heterocycles. The Morgan fingerprint density at radius 1 is 1.19 bits per heavy atom. The van der Waals surface area contributed by atoms with Gasteiger partial charge in [0.1, 0.15) is 17.7 Å². The highest BCUT2D eigenvalue weighted by Gasteiger charge is 2.12. The first-order valence-corrected chi connectivity index (χ1v) is 6.58. The molecular formula is C14H18N4O3. The zero-order chi connectivity index (χ0) is 15.1. The van der Waals surface area contributed by atoms with E-state index in [1.807, 2.05) is 12.1 Å². The Hall–Kier alpha value is -2.57. The number of hydrogen-bond acceptors (Lipinski definition) is 6. The van der Waals surface area contributed by atoms with Crippen molar-refractivity contribution in [2.75, 3.05) is 32.6 Å². The monoisotopic (exact) mass is 290 g/mol. The normalized spacial score (nSPS) is 10.2. The zero-order valence-corrected chi connectivity index (χ0v) is 12.0. The molecule has 112 valence electrons. The number of rotatable bonds is 8. The van der Waals surface area contributed by atoms with Crippen molar-refractivity contribution in [1.29, 1.82) is 0 Å². The van der Waals surface area contributed by atoms with Crippen LogP contribution >= 0.6 is 0 Å². The fourth-order valence-corrected chi connectivity index (χ4v) is 2.04. The van der Waals surface area contributed by atoms with Crippen LogP contribution in [0.3, 0.4) is 0 Å². The standard InChI is InChI=1S/C14H18N4O3/c1-20-11-5-4-10-12(13(11)21-2)17-8-18-14(10)16-7-3-6-15-9-19/h4-5,8-9H,3,6-7H2,1-2H3,(H,15,19)(H,16,17,18). The van der Waals surface area contributed by atoms with E-state index in [0.717, 1.165) is 17.6 Å². The summed E-state index contributed by atoms with van der Waals surface area (Å²) in [5.41, 5.74) is 0.695. The highest BCUT2D eigenvalue weighted by atomic mass is 16.5. The van der Waals surface area contributed by atoms with Crippen molar-refractivity contribution in [3.05, 3.63) is 18.5 Å². The summed E-state index contributed by atoms with van der Waals surface area (Å²) >= 11 is 0. The van der Waals surface area contributed by atoms with E-state index >= 15 is 0 Å². The summed E-state index contributed by atoms with van der Waals surface area (Å²) in [6, 6.07) is 3.71. The third kappa shape index (κ3) is 3.31. The second kappa shape index (κ2) is 7.28. The Labute approximate surface area is 122 Å². The molecule has 1 aromatic carbocycles. The van der Waals surface area contributed by atoms with Crippen LogP contribution in [-0.4, -0.2) is 43.7 Å². The van der Waals surface area contributed by atoms with Gasteiger partial charge in [0, 0.05) is 18.5 Å². The van der Waals surface area contributed by atoms with E-state index in [1.165, 1.54) is 6.33 Å². The van der Waals surface area contributed by atoms with E-state index < -0.39 is 0 Å². The SMILES string of the molecule is COc1ccc2c(NCCCNC=O)ncnc2c1OC.